The Morgan fingerprint density at radius 1 is 1.07 bits per heavy atom. The van der Waals surface area contributed by atoms with Crippen LogP contribution in [0.3, 0.4) is 0 Å². The lowest BCUT2D eigenvalue weighted by Gasteiger charge is -2.32. The molecule has 2 aromatic rings. The molecule has 0 bridgehead atoms. The molecule has 6 nitrogen and oxygen atoms in total. The van der Waals surface area contributed by atoms with Gasteiger partial charge in [0.25, 0.3) is 15.6 Å². The van der Waals surface area contributed by atoms with Crippen LogP contribution in [0.4, 0.5) is 37.2 Å². The summed E-state index contributed by atoms with van der Waals surface area (Å²) < 4.78 is 103. The van der Waals surface area contributed by atoms with Crippen molar-refractivity contribution in [2.45, 2.75) is 29.1 Å². The molecule has 27 heavy (non-hydrogen) atoms. The molecule has 0 atom stereocenters. The summed E-state index contributed by atoms with van der Waals surface area (Å²) in [6.07, 6.45) is -12.1. The first-order valence-electron chi connectivity index (χ1n) is 6.81. The summed E-state index contributed by atoms with van der Waals surface area (Å²) in [4.78, 5) is 3.71. The van der Waals surface area contributed by atoms with Crippen LogP contribution in [0.5, 0.6) is 0 Å². The van der Waals surface area contributed by atoms with Crippen molar-refractivity contribution < 1.29 is 39.9 Å². The average molecular weight is 435 g/mol. The molecule has 0 spiro atoms. The highest BCUT2D eigenvalue weighted by molar-refractivity contribution is 7.94. The fraction of sp³-hybridized carbons (Fsp3) is 0.308. The van der Waals surface area contributed by atoms with Gasteiger partial charge in [-0.25, -0.2) is 13.4 Å². The zero-order chi connectivity index (χ0) is 20.8. The lowest BCUT2D eigenvalue weighted by molar-refractivity contribution is -0.376. The summed E-state index contributed by atoms with van der Waals surface area (Å²) in [5.74, 6) is 0. The van der Waals surface area contributed by atoms with Crippen molar-refractivity contribution in [3.05, 3.63) is 35.5 Å². The van der Waals surface area contributed by atoms with Crippen LogP contribution in [0.2, 0.25) is 0 Å². The molecule has 0 saturated heterocycles. The first kappa shape index (κ1) is 21.2. The molecule has 0 fully saturated rings. The molecule has 0 aliphatic heterocycles. The van der Waals surface area contributed by atoms with Gasteiger partial charge in [0, 0.05) is 11.3 Å². The van der Waals surface area contributed by atoms with E-state index in [0.29, 0.717) is 35.6 Å². The Morgan fingerprint density at radius 2 is 1.56 bits per heavy atom. The number of halogens is 6. The number of alkyl halides is 6. The smallest absolute Gasteiger partial charge is 0.375 e. The van der Waals surface area contributed by atoms with Crippen LogP contribution < -0.4 is 10.5 Å². The third-order valence-electron chi connectivity index (χ3n) is 3.39. The van der Waals surface area contributed by atoms with Crippen LogP contribution >= 0.6 is 11.3 Å². The van der Waals surface area contributed by atoms with Gasteiger partial charge in [0.2, 0.25) is 0 Å². The second-order valence-corrected chi connectivity index (χ2v) is 8.22. The Balaban J connectivity index is 2.39. The fourth-order valence-electron chi connectivity index (χ4n) is 2.12. The van der Waals surface area contributed by atoms with Gasteiger partial charge in [0.15, 0.2) is 9.34 Å². The third kappa shape index (κ3) is 3.82. The van der Waals surface area contributed by atoms with Gasteiger partial charge in [-0.15, -0.1) is 0 Å². The number of hydrogen-bond donors (Lipinski definition) is 3. The quantitative estimate of drug-likeness (QED) is 0.640. The number of nitrogens with two attached hydrogens (primary N) is 1. The van der Waals surface area contributed by atoms with Gasteiger partial charge < -0.3 is 10.8 Å². The number of anilines is 2. The number of nitrogens with zero attached hydrogens (tertiary/aromatic N) is 1. The van der Waals surface area contributed by atoms with Crippen molar-refractivity contribution in [2.75, 3.05) is 10.5 Å². The van der Waals surface area contributed by atoms with E-state index >= 15 is 0 Å². The maximum absolute atomic E-state index is 12.8. The number of aryl methyl sites for hydroxylation is 1. The van der Waals surface area contributed by atoms with Crippen molar-refractivity contribution in [3.63, 3.8) is 0 Å². The molecule has 0 radical (unpaired) electrons. The number of benzene rings is 1. The van der Waals surface area contributed by atoms with Crippen LogP contribution in [-0.4, -0.2) is 30.9 Å². The number of hydrogen-bond acceptors (Lipinski definition) is 6. The van der Waals surface area contributed by atoms with Crippen LogP contribution in [0.25, 0.3) is 0 Å². The zero-order valence-electron chi connectivity index (χ0n) is 13.2. The fourth-order valence-corrected chi connectivity index (χ4v) is 4.48. The largest absolute Gasteiger partial charge is 0.430 e. The van der Waals surface area contributed by atoms with Crippen LogP contribution in [0.1, 0.15) is 11.3 Å². The van der Waals surface area contributed by atoms with E-state index in [1.807, 2.05) is 4.72 Å². The second kappa shape index (κ2) is 6.53. The standard InChI is InChI=1S/C13H11F6N3O3S2/c1-6-9(26-10(20)21-6)27(24,25)22-8-4-2-7(3-5-8)11(23,12(14,15)16)13(17,18)19/h2-5,22-23H,1H3,(H2,20,21). The molecular weight excluding hydrogens is 424 g/mol. The van der Waals surface area contributed by atoms with Gasteiger partial charge in [0.05, 0.1) is 5.69 Å². The summed E-state index contributed by atoms with van der Waals surface area (Å²) in [6.45, 7) is 1.36. The number of aromatic nitrogens is 1. The molecule has 0 amide bonds. The van der Waals surface area contributed by atoms with E-state index in [-0.39, 0.29) is 20.7 Å². The normalized spacial score (nSPS) is 13.6. The van der Waals surface area contributed by atoms with Crippen molar-refractivity contribution >= 4 is 32.2 Å². The van der Waals surface area contributed by atoms with E-state index in [0.717, 1.165) is 0 Å². The molecule has 0 aliphatic carbocycles. The molecule has 1 aromatic heterocycles. The van der Waals surface area contributed by atoms with E-state index in [9.17, 15) is 39.9 Å². The van der Waals surface area contributed by atoms with Crippen molar-refractivity contribution in [2.24, 2.45) is 0 Å². The lowest BCUT2D eigenvalue weighted by atomic mass is 9.92. The summed E-state index contributed by atoms with van der Waals surface area (Å²) in [7, 11) is -4.21. The van der Waals surface area contributed by atoms with Crippen molar-refractivity contribution in [1.29, 1.82) is 0 Å². The molecule has 0 aliphatic rings. The minimum Gasteiger partial charge on any atom is -0.375 e. The van der Waals surface area contributed by atoms with E-state index in [1.165, 1.54) is 6.92 Å². The number of nitrogens with one attached hydrogen (secondary N) is 1. The first-order valence-corrected chi connectivity index (χ1v) is 9.11. The van der Waals surface area contributed by atoms with E-state index < -0.39 is 33.5 Å². The second-order valence-electron chi connectivity index (χ2n) is 5.31. The third-order valence-corrected chi connectivity index (χ3v) is 6.37. The van der Waals surface area contributed by atoms with Gasteiger partial charge in [0.1, 0.15) is 0 Å². The Kier molecular flexibility index (Phi) is 5.13. The summed E-state index contributed by atoms with van der Waals surface area (Å²) in [6, 6.07) is 1.98. The number of nitrogen functional groups attached to an aromatic ring is 1. The highest BCUT2D eigenvalue weighted by atomic mass is 32.2. The minimum atomic E-state index is -6.04. The molecular formula is C13H11F6N3O3S2. The average Bonchev–Trinajstić information content (AvgIpc) is 2.84. The Bertz CT molecular complexity index is 922. The maximum Gasteiger partial charge on any atom is 0.430 e. The highest BCUT2D eigenvalue weighted by Gasteiger charge is 2.71. The molecule has 0 unspecified atom stereocenters. The molecule has 1 aromatic carbocycles. The molecule has 1 heterocycles. The number of thiazole rings is 1. The number of sulfonamides is 1. The van der Waals surface area contributed by atoms with Gasteiger partial charge >= 0.3 is 12.4 Å². The van der Waals surface area contributed by atoms with Crippen molar-refractivity contribution in [1.82, 2.24) is 4.98 Å². The Morgan fingerprint density at radius 3 is 1.93 bits per heavy atom. The lowest BCUT2D eigenvalue weighted by Crippen LogP contribution is -2.53. The summed E-state index contributed by atoms with van der Waals surface area (Å²) >= 11 is 0.633. The molecule has 150 valence electrons. The maximum atomic E-state index is 12.8. The van der Waals surface area contributed by atoms with Gasteiger partial charge in [-0.2, -0.15) is 26.3 Å². The van der Waals surface area contributed by atoms with E-state index in [1.54, 1.807) is 0 Å². The van der Waals surface area contributed by atoms with Crippen LogP contribution in [0, 0.1) is 6.92 Å². The zero-order valence-corrected chi connectivity index (χ0v) is 14.8. The summed E-state index contributed by atoms with van der Waals surface area (Å²) in [5.41, 5.74) is -1.46. The van der Waals surface area contributed by atoms with Gasteiger partial charge in [-0.3, -0.25) is 4.72 Å². The molecule has 2 rings (SSSR count). The Labute approximate surface area is 152 Å². The first-order chi connectivity index (χ1) is 12.1. The molecule has 4 N–H and O–H groups in total. The van der Waals surface area contributed by atoms with Gasteiger partial charge in [-0.1, -0.05) is 23.5 Å². The van der Waals surface area contributed by atoms with E-state index in [2.05, 4.69) is 4.98 Å². The Hall–Kier alpha value is -2.06. The highest BCUT2D eigenvalue weighted by Crippen LogP contribution is 2.50. The monoisotopic (exact) mass is 435 g/mol. The molecule has 14 heteroatoms. The van der Waals surface area contributed by atoms with Crippen LogP contribution in [0.15, 0.2) is 28.5 Å². The number of aliphatic hydroxyl groups is 1. The predicted molar refractivity (Wildman–Crippen MR) is 84.5 cm³/mol. The van der Waals surface area contributed by atoms with Crippen LogP contribution in [-0.2, 0) is 15.6 Å². The van der Waals surface area contributed by atoms with E-state index in [4.69, 9.17) is 5.73 Å². The van der Waals surface area contributed by atoms with Crippen molar-refractivity contribution in [3.8, 4) is 0 Å². The minimum absolute atomic E-state index is 0.0383. The van der Waals surface area contributed by atoms with Gasteiger partial charge in [-0.05, 0) is 19.1 Å². The SMILES string of the molecule is Cc1nc(N)sc1S(=O)(=O)Nc1ccc(C(O)(C(F)(F)F)C(F)(F)F)cc1. The molecule has 0 saturated carbocycles. The topological polar surface area (TPSA) is 105 Å². The predicted octanol–water partition coefficient (Wildman–Crippen LogP) is 3.15. The number of rotatable bonds is 4. The summed E-state index contributed by atoms with van der Waals surface area (Å²) in [5, 5.41) is 9.25.